The number of rotatable bonds is 2. The Bertz CT molecular complexity index is 375. The lowest BCUT2D eigenvalue weighted by molar-refractivity contribution is 0.221. The highest BCUT2D eigenvalue weighted by Gasteiger charge is 2.30. The molecule has 1 aromatic rings. The van der Waals surface area contributed by atoms with Crippen LogP contribution in [0, 0.1) is 19.8 Å². The molecule has 1 N–H and O–H groups in total. The van der Waals surface area contributed by atoms with Gasteiger partial charge in [0.05, 0.1) is 0 Å². The number of benzene rings is 1. The summed E-state index contributed by atoms with van der Waals surface area (Å²) in [6.45, 7) is 7.88. The third-order valence-electron chi connectivity index (χ3n) is 3.82. The molecule has 88 valence electrons. The summed E-state index contributed by atoms with van der Waals surface area (Å²) in [6, 6.07) is 7.05. The quantitative estimate of drug-likeness (QED) is 0.826. The van der Waals surface area contributed by atoms with Gasteiger partial charge in [-0.15, -0.1) is 0 Å². The molecule has 2 unspecified atom stereocenters. The SMILES string of the molecule is Cc1ccc(C)c(N2CCC(CO)C2C)c1. The van der Waals surface area contributed by atoms with Crippen LogP contribution in [0.3, 0.4) is 0 Å². The third kappa shape index (κ3) is 1.94. The predicted octanol–water partition coefficient (Wildman–Crippen LogP) is 2.51. The van der Waals surface area contributed by atoms with Crippen molar-refractivity contribution in [2.75, 3.05) is 18.1 Å². The van der Waals surface area contributed by atoms with Gasteiger partial charge in [-0.25, -0.2) is 0 Å². The standard InChI is InChI=1S/C14H21NO/c1-10-4-5-11(2)14(8-10)15-7-6-13(9-16)12(15)3/h4-5,8,12-13,16H,6-7,9H2,1-3H3. The van der Waals surface area contributed by atoms with Crippen LogP contribution >= 0.6 is 0 Å². The highest BCUT2D eigenvalue weighted by Crippen LogP contribution is 2.32. The van der Waals surface area contributed by atoms with Crippen molar-refractivity contribution in [1.29, 1.82) is 0 Å². The molecule has 1 fully saturated rings. The summed E-state index contributed by atoms with van der Waals surface area (Å²) in [4.78, 5) is 2.43. The van der Waals surface area contributed by atoms with Crippen LogP contribution in [0.2, 0.25) is 0 Å². The number of aryl methyl sites for hydroxylation is 2. The van der Waals surface area contributed by atoms with Gasteiger partial charge < -0.3 is 10.0 Å². The Balaban J connectivity index is 2.28. The van der Waals surface area contributed by atoms with Crippen molar-refractivity contribution in [2.45, 2.75) is 33.2 Å². The van der Waals surface area contributed by atoms with Crippen molar-refractivity contribution in [3.63, 3.8) is 0 Å². The van der Waals surface area contributed by atoms with Gasteiger partial charge in [-0.2, -0.15) is 0 Å². The van der Waals surface area contributed by atoms with Crippen molar-refractivity contribution in [2.24, 2.45) is 5.92 Å². The molecule has 2 rings (SSSR count). The van der Waals surface area contributed by atoms with Crippen molar-refractivity contribution < 1.29 is 5.11 Å². The minimum absolute atomic E-state index is 0.308. The number of anilines is 1. The zero-order valence-electron chi connectivity index (χ0n) is 10.4. The molecule has 0 radical (unpaired) electrons. The highest BCUT2D eigenvalue weighted by atomic mass is 16.3. The number of nitrogens with zero attached hydrogens (tertiary/aromatic N) is 1. The lowest BCUT2D eigenvalue weighted by Crippen LogP contribution is -2.31. The van der Waals surface area contributed by atoms with Crippen LogP contribution < -0.4 is 4.90 Å². The molecule has 2 heteroatoms. The molecule has 0 aromatic heterocycles. The van der Waals surface area contributed by atoms with Gasteiger partial charge in [0.2, 0.25) is 0 Å². The fourth-order valence-electron chi connectivity index (χ4n) is 2.62. The van der Waals surface area contributed by atoms with Crippen molar-refractivity contribution >= 4 is 5.69 Å². The number of hydrogen-bond acceptors (Lipinski definition) is 2. The van der Waals surface area contributed by atoms with Crippen LogP contribution in [-0.2, 0) is 0 Å². The lowest BCUT2D eigenvalue weighted by Gasteiger charge is -2.28. The van der Waals surface area contributed by atoms with Gasteiger partial charge in [0.1, 0.15) is 0 Å². The van der Waals surface area contributed by atoms with E-state index in [2.05, 4.69) is 43.9 Å². The van der Waals surface area contributed by atoms with Gasteiger partial charge in [-0.1, -0.05) is 12.1 Å². The predicted molar refractivity (Wildman–Crippen MR) is 67.9 cm³/mol. The van der Waals surface area contributed by atoms with Gasteiger partial charge in [-0.05, 0) is 44.4 Å². The van der Waals surface area contributed by atoms with Gasteiger partial charge in [-0.3, -0.25) is 0 Å². The van der Waals surface area contributed by atoms with Gasteiger partial charge >= 0.3 is 0 Å². The maximum atomic E-state index is 9.30. The minimum atomic E-state index is 0.308. The average molecular weight is 219 g/mol. The van der Waals surface area contributed by atoms with Crippen LogP contribution in [0.5, 0.6) is 0 Å². The molecular formula is C14H21NO. The van der Waals surface area contributed by atoms with E-state index in [1.54, 1.807) is 0 Å². The van der Waals surface area contributed by atoms with Crippen molar-refractivity contribution in [3.05, 3.63) is 29.3 Å². The van der Waals surface area contributed by atoms with Gasteiger partial charge in [0.25, 0.3) is 0 Å². The first-order valence-corrected chi connectivity index (χ1v) is 6.08. The van der Waals surface area contributed by atoms with Crippen LogP contribution in [0.4, 0.5) is 5.69 Å². The van der Waals surface area contributed by atoms with E-state index in [-0.39, 0.29) is 0 Å². The summed E-state index contributed by atoms with van der Waals surface area (Å²) >= 11 is 0. The molecule has 0 saturated carbocycles. The van der Waals surface area contributed by atoms with Gasteiger partial charge in [0.15, 0.2) is 0 Å². The average Bonchev–Trinajstić information content (AvgIpc) is 2.63. The third-order valence-corrected chi connectivity index (χ3v) is 3.82. The fourth-order valence-corrected chi connectivity index (χ4v) is 2.62. The van der Waals surface area contributed by atoms with Crippen LogP contribution in [0.1, 0.15) is 24.5 Å². The lowest BCUT2D eigenvalue weighted by atomic mass is 10.0. The van der Waals surface area contributed by atoms with E-state index in [1.165, 1.54) is 16.8 Å². The minimum Gasteiger partial charge on any atom is -0.396 e. The molecule has 1 aliphatic rings. The molecular weight excluding hydrogens is 198 g/mol. The van der Waals surface area contributed by atoms with E-state index >= 15 is 0 Å². The van der Waals surface area contributed by atoms with E-state index in [0.29, 0.717) is 18.6 Å². The molecule has 16 heavy (non-hydrogen) atoms. The molecule has 0 bridgehead atoms. The Labute approximate surface area is 97.9 Å². The Morgan fingerprint density at radius 2 is 2.12 bits per heavy atom. The molecule has 0 amide bonds. The summed E-state index contributed by atoms with van der Waals surface area (Å²) in [6.07, 6.45) is 1.10. The molecule has 1 heterocycles. The van der Waals surface area contributed by atoms with Crippen molar-refractivity contribution in [1.82, 2.24) is 0 Å². The molecule has 2 nitrogen and oxygen atoms in total. The molecule has 0 spiro atoms. The van der Waals surface area contributed by atoms with E-state index in [4.69, 9.17) is 0 Å². The summed E-state index contributed by atoms with van der Waals surface area (Å²) in [5.74, 6) is 0.430. The van der Waals surface area contributed by atoms with E-state index in [1.807, 2.05) is 0 Å². The second kappa shape index (κ2) is 4.46. The number of aliphatic hydroxyl groups is 1. The Hall–Kier alpha value is -1.02. The first kappa shape index (κ1) is 11.5. The van der Waals surface area contributed by atoms with Crippen LogP contribution in [-0.4, -0.2) is 24.3 Å². The molecule has 1 saturated heterocycles. The second-order valence-electron chi connectivity index (χ2n) is 4.96. The molecule has 1 aromatic carbocycles. The smallest absolute Gasteiger partial charge is 0.0479 e. The molecule has 0 aliphatic carbocycles. The Kier molecular flexibility index (Phi) is 3.20. The van der Waals surface area contributed by atoms with Crippen molar-refractivity contribution in [3.8, 4) is 0 Å². The van der Waals surface area contributed by atoms with E-state index in [9.17, 15) is 5.11 Å². The number of hydrogen-bond donors (Lipinski definition) is 1. The van der Waals surface area contributed by atoms with Crippen LogP contribution in [0.25, 0.3) is 0 Å². The monoisotopic (exact) mass is 219 g/mol. The first-order chi connectivity index (χ1) is 7.63. The fraction of sp³-hybridized carbons (Fsp3) is 0.571. The topological polar surface area (TPSA) is 23.5 Å². The van der Waals surface area contributed by atoms with E-state index < -0.39 is 0 Å². The molecule has 2 atom stereocenters. The van der Waals surface area contributed by atoms with E-state index in [0.717, 1.165) is 13.0 Å². The largest absolute Gasteiger partial charge is 0.396 e. The first-order valence-electron chi connectivity index (χ1n) is 6.08. The highest BCUT2D eigenvalue weighted by molar-refractivity contribution is 5.56. The normalized spacial score (nSPS) is 25.1. The summed E-state index contributed by atoms with van der Waals surface area (Å²) < 4.78 is 0. The number of aliphatic hydroxyl groups excluding tert-OH is 1. The summed E-state index contributed by atoms with van der Waals surface area (Å²) in [5, 5.41) is 9.30. The summed E-state index contributed by atoms with van der Waals surface area (Å²) in [7, 11) is 0. The van der Waals surface area contributed by atoms with Gasteiger partial charge in [0, 0.05) is 30.8 Å². The van der Waals surface area contributed by atoms with Crippen LogP contribution in [0.15, 0.2) is 18.2 Å². The maximum absolute atomic E-state index is 9.30. The maximum Gasteiger partial charge on any atom is 0.0479 e. The Morgan fingerprint density at radius 3 is 2.75 bits per heavy atom. The second-order valence-corrected chi connectivity index (χ2v) is 4.96. The Morgan fingerprint density at radius 1 is 1.38 bits per heavy atom. The molecule has 1 aliphatic heterocycles. The zero-order chi connectivity index (χ0) is 11.7. The summed E-state index contributed by atoms with van der Waals surface area (Å²) in [5.41, 5.74) is 3.97. The zero-order valence-corrected chi connectivity index (χ0v) is 10.4.